The number of nitrogens with two attached hydrogens (primary N) is 1. The first-order valence-electron chi connectivity index (χ1n) is 6.76. The van der Waals surface area contributed by atoms with Crippen molar-refractivity contribution in [1.82, 2.24) is 4.90 Å². The molecule has 7 heteroatoms. The average Bonchev–Trinajstić information content (AvgIpc) is 2.47. The summed E-state index contributed by atoms with van der Waals surface area (Å²) in [5.41, 5.74) is 5.80. The fraction of sp³-hybridized carbons (Fsp3) is 0.500. The first kappa shape index (κ1) is 15.6. The molecule has 1 aliphatic rings. The molecule has 0 unspecified atom stereocenters. The monoisotopic (exact) mass is 301 g/mol. The number of benzene rings is 1. The van der Waals surface area contributed by atoms with Crippen molar-refractivity contribution in [3.8, 4) is 0 Å². The number of halogens is 3. The van der Waals surface area contributed by atoms with E-state index < -0.39 is 11.7 Å². The molecule has 0 saturated carbocycles. The first-order valence-corrected chi connectivity index (χ1v) is 6.76. The topological polar surface area (TPSA) is 61.9 Å². The molecule has 0 amide bonds. The molecule has 0 aliphatic carbocycles. The zero-order valence-electron chi connectivity index (χ0n) is 11.5. The van der Waals surface area contributed by atoms with E-state index in [-0.39, 0.29) is 11.8 Å². The molecule has 1 aliphatic heterocycles. The van der Waals surface area contributed by atoms with Crippen molar-refractivity contribution in [3.05, 3.63) is 35.4 Å². The van der Waals surface area contributed by atoms with Crippen LogP contribution < -0.4 is 5.73 Å². The van der Waals surface area contributed by atoms with Crippen molar-refractivity contribution in [1.29, 1.82) is 0 Å². The van der Waals surface area contributed by atoms with Crippen LogP contribution in [0.2, 0.25) is 0 Å². The molecule has 0 bridgehead atoms. The standard InChI is InChI=1S/C14H18F3N3O/c15-14(16,17)12-3-1-10(2-4-12)9-20-7-5-11(6-8-20)13(18)19-21/h1-4,11,21H,5-9H2,(H2,18,19). The van der Waals surface area contributed by atoms with E-state index in [1.165, 1.54) is 12.1 Å². The maximum absolute atomic E-state index is 12.5. The van der Waals surface area contributed by atoms with Gasteiger partial charge in [-0.05, 0) is 43.6 Å². The average molecular weight is 301 g/mol. The van der Waals surface area contributed by atoms with Crippen LogP contribution in [0, 0.1) is 5.92 Å². The molecule has 1 saturated heterocycles. The van der Waals surface area contributed by atoms with E-state index in [9.17, 15) is 13.2 Å². The second kappa shape index (κ2) is 6.34. The van der Waals surface area contributed by atoms with Gasteiger partial charge in [0.05, 0.1) is 5.56 Å². The van der Waals surface area contributed by atoms with Gasteiger partial charge >= 0.3 is 6.18 Å². The molecule has 0 radical (unpaired) electrons. The Morgan fingerprint density at radius 1 is 1.24 bits per heavy atom. The van der Waals surface area contributed by atoms with E-state index in [1.807, 2.05) is 0 Å². The highest BCUT2D eigenvalue weighted by Crippen LogP contribution is 2.29. The minimum Gasteiger partial charge on any atom is -0.409 e. The molecule has 4 nitrogen and oxygen atoms in total. The summed E-state index contributed by atoms with van der Waals surface area (Å²) < 4.78 is 37.4. The van der Waals surface area contributed by atoms with Crippen molar-refractivity contribution < 1.29 is 18.4 Å². The number of nitrogens with zero attached hydrogens (tertiary/aromatic N) is 2. The van der Waals surface area contributed by atoms with Gasteiger partial charge in [0.1, 0.15) is 5.84 Å². The third-order valence-corrected chi connectivity index (χ3v) is 3.81. The zero-order valence-corrected chi connectivity index (χ0v) is 11.5. The molecule has 3 N–H and O–H groups in total. The SMILES string of the molecule is N/C(=N/O)C1CCN(Cc2ccc(C(F)(F)F)cc2)CC1. The lowest BCUT2D eigenvalue weighted by Gasteiger charge is -2.31. The zero-order chi connectivity index (χ0) is 15.5. The minimum absolute atomic E-state index is 0.0823. The predicted molar refractivity (Wildman–Crippen MR) is 72.9 cm³/mol. The Hall–Kier alpha value is -1.76. The largest absolute Gasteiger partial charge is 0.416 e. The van der Waals surface area contributed by atoms with Crippen molar-refractivity contribution in [2.75, 3.05) is 13.1 Å². The fourth-order valence-corrected chi connectivity index (χ4v) is 2.53. The number of likely N-dealkylation sites (tertiary alicyclic amines) is 1. The Labute approximate surface area is 121 Å². The van der Waals surface area contributed by atoms with Crippen LogP contribution in [0.25, 0.3) is 0 Å². The quantitative estimate of drug-likeness (QED) is 0.390. The Balaban J connectivity index is 1.89. The van der Waals surface area contributed by atoms with Gasteiger partial charge in [-0.25, -0.2) is 0 Å². The Bertz CT molecular complexity index is 491. The van der Waals surface area contributed by atoms with Crippen molar-refractivity contribution in [2.45, 2.75) is 25.6 Å². The number of hydrogen-bond acceptors (Lipinski definition) is 3. The lowest BCUT2D eigenvalue weighted by Crippen LogP contribution is -2.38. The highest BCUT2D eigenvalue weighted by molar-refractivity contribution is 5.82. The summed E-state index contributed by atoms with van der Waals surface area (Å²) in [6, 6.07) is 5.24. The highest BCUT2D eigenvalue weighted by atomic mass is 19.4. The maximum atomic E-state index is 12.5. The van der Waals surface area contributed by atoms with Gasteiger partial charge in [-0.3, -0.25) is 4.90 Å². The molecule has 21 heavy (non-hydrogen) atoms. The summed E-state index contributed by atoms with van der Waals surface area (Å²) in [6.45, 7) is 2.17. The van der Waals surface area contributed by atoms with Crippen molar-refractivity contribution in [2.24, 2.45) is 16.8 Å². The number of alkyl halides is 3. The van der Waals surface area contributed by atoms with Gasteiger partial charge in [-0.15, -0.1) is 0 Å². The number of amidine groups is 1. The molecule has 1 heterocycles. The maximum Gasteiger partial charge on any atom is 0.416 e. The van der Waals surface area contributed by atoms with Crippen LogP contribution in [-0.4, -0.2) is 29.0 Å². The summed E-state index contributed by atoms with van der Waals surface area (Å²) in [5.74, 6) is 0.336. The molecule has 2 rings (SSSR count). The summed E-state index contributed by atoms with van der Waals surface area (Å²) in [7, 11) is 0. The van der Waals surface area contributed by atoms with Gasteiger partial charge < -0.3 is 10.9 Å². The molecule has 116 valence electrons. The van der Waals surface area contributed by atoms with E-state index in [1.54, 1.807) is 0 Å². The second-order valence-electron chi connectivity index (χ2n) is 5.27. The van der Waals surface area contributed by atoms with Crippen LogP contribution in [0.3, 0.4) is 0 Å². The van der Waals surface area contributed by atoms with Gasteiger partial charge in [0.25, 0.3) is 0 Å². The van der Waals surface area contributed by atoms with E-state index in [4.69, 9.17) is 10.9 Å². The molecule has 0 spiro atoms. The number of rotatable bonds is 3. The lowest BCUT2D eigenvalue weighted by molar-refractivity contribution is -0.137. The smallest absolute Gasteiger partial charge is 0.409 e. The Morgan fingerprint density at radius 3 is 2.29 bits per heavy atom. The Morgan fingerprint density at radius 2 is 1.81 bits per heavy atom. The number of oxime groups is 1. The highest BCUT2D eigenvalue weighted by Gasteiger charge is 2.30. The molecule has 1 fully saturated rings. The van der Waals surface area contributed by atoms with Crippen molar-refractivity contribution >= 4 is 5.84 Å². The number of piperidine rings is 1. The van der Waals surface area contributed by atoms with Crippen molar-refractivity contribution in [3.63, 3.8) is 0 Å². The molecule has 1 aromatic carbocycles. The first-order chi connectivity index (χ1) is 9.90. The molecule has 0 aromatic heterocycles. The van der Waals surface area contributed by atoms with Crippen LogP contribution in [0.1, 0.15) is 24.0 Å². The lowest BCUT2D eigenvalue weighted by atomic mass is 9.95. The van der Waals surface area contributed by atoms with Gasteiger partial charge in [0.15, 0.2) is 0 Å². The van der Waals surface area contributed by atoms with Crippen LogP contribution in [0.4, 0.5) is 13.2 Å². The van der Waals surface area contributed by atoms with E-state index in [2.05, 4.69) is 10.1 Å². The third kappa shape index (κ3) is 4.10. The summed E-state index contributed by atoms with van der Waals surface area (Å²) in [4.78, 5) is 2.16. The van der Waals surface area contributed by atoms with Crippen LogP contribution >= 0.6 is 0 Å². The van der Waals surface area contributed by atoms with Crippen LogP contribution in [0.5, 0.6) is 0 Å². The minimum atomic E-state index is -4.29. The van der Waals surface area contributed by atoms with Gasteiger partial charge in [0, 0.05) is 12.5 Å². The normalized spacial score (nSPS) is 18.9. The number of hydrogen-bond donors (Lipinski definition) is 2. The van der Waals surface area contributed by atoms with Gasteiger partial charge in [0.2, 0.25) is 0 Å². The molecular formula is C14H18F3N3O. The van der Waals surface area contributed by atoms with Crippen LogP contribution in [0.15, 0.2) is 29.4 Å². The summed E-state index contributed by atoms with van der Waals surface area (Å²) in [6.07, 6.45) is -2.72. The van der Waals surface area contributed by atoms with Crippen LogP contribution in [-0.2, 0) is 12.7 Å². The van der Waals surface area contributed by atoms with E-state index in [0.717, 1.165) is 43.6 Å². The van der Waals surface area contributed by atoms with Gasteiger partial charge in [-0.2, -0.15) is 13.2 Å². The molecule has 1 aromatic rings. The second-order valence-corrected chi connectivity index (χ2v) is 5.27. The molecule has 0 atom stereocenters. The third-order valence-electron chi connectivity index (χ3n) is 3.81. The van der Waals surface area contributed by atoms with E-state index >= 15 is 0 Å². The Kier molecular flexibility index (Phi) is 4.72. The van der Waals surface area contributed by atoms with E-state index in [0.29, 0.717) is 6.54 Å². The summed E-state index contributed by atoms with van der Waals surface area (Å²) >= 11 is 0. The van der Waals surface area contributed by atoms with Gasteiger partial charge in [-0.1, -0.05) is 17.3 Å². The summed E-state index contributed by atoms with van der Waals surface area (Å²) in [5, 5.41) is 11.7. The fourth-order valence-electron chi connectivity index (χ4n) is 2.53. The molecular weight excluding hydrogens is 283 g/mol. The predicted octanol–water partition coefficient (Wildman–Crippen LogP) is 2.66.